The number of nitrogens with one attached hydrogen (secondary N) is 2. The predicted octanol–water partition coefficient (Wildman–Crippen LogP) is 3.00. The van der Waals surface area contributed by atoms with Gasteiger partial charge in [0.1, 0.15) is 6.04 Å². The highest BCUT2D eigenvalue weighted by molar-refractivity contribution is 7.80. The Hall–Kier alpha value is -2.66. The molecule has 2 N–H and O–H groups in total. The number of rotatable bonds is 3. The van der Waals surface area contributed by atoms with Gasteiger partial charge in [-0.3, -0.25) is 9.69 Å². The van der Waals surface area contributed by atoms with Gasteiger partial charge in [0.25, 0.3) is 5.91 Å². The van der Waals surface area contributed by atoms with Crippen LogP contribution in [0.25, 0.3) is 10.9 Å². The van der Waals surface area contributed by atoms with Crippen molar-refractivity contribution in [2.45, 2.75) is 12.5 Å². The molecule has 2 aromatic carbocycles. The molecule has 23 heavy (non-hydrogen) atoms. The number of hydrogen-bond acceptors (Lipinski definition) is 2. The van der Waals surface area contributed by atoms with Gasteiger partial charge in [0.2, 0.25) is 0 Å². The first kappa shape index (κ1) is 14.0. The molecule has 0 spiro atoms. The Balaban J connectivity index is 1.58. The fraction of sp³-hybridized carbons (Fsp3) is 0.111. The lowest BCUT2D eigenvalue weighted by molar-refractivity contribution is -0.118. The van der Waals surface area contributed by atoms with E-state index in [1.807, 2.05) is 48.5 Å². The van der Waals surface area contributed by atoms with Gasteiger partial charge >= 0.3 is 0 Å². The molecule has 4 nitrogen and oxygen atoms in total. The van der Waals surface area contributed by atoms with Crippen LogP contribution in [0.1, 0.15) is 5.69 Å². The van der Waals surface area contributed by atoms with E-state index in [1.54, 1.807) is 4.90 Å². The summed E-state index contributed by atoms with van der Waals surface area (Å²) in [5.74, 6) is -0.0140. The average Bonchev–Trinajstić information content (AvgIpc) is 3.09. The van der Waals surface area contributed by atoms with Crippen molar-refractivity contribution in [1.82, 2.24) is 10.3 Å². The second kappa shape index (κ2) is 5.52. The molecule has 1 saturated heterocycles. The van der Waals surface area contributed by atoms with Crippen LogP contribution in [0.5, 0.6) is 0 Å². The number of anilines is 1. The van der Waals surface area contributed by atoms with Gasteiger partial charge in [0.15, 0.2) is 5.11 Å². The second-order valence-corrected chi connectivity index (χ2v) is 5.98. The highest BCUT2D eigenvalue weighted by Crippen LogP contribution is 2.22. The third kappa shape index (κ3) is 2.49. The number of aromatic amines is 1. The number of hydrogen-bond donors (Lipinski definition) is 2. The summed E-state index contributed by atoms with van der Waals surface area (Å²) in [6, 6.07) is 19.3. The van der Waals surface area contributed by atoms with Crippen molar-refractivity contribution in [3.63, 3.8) is 0 Å². The first-order valence-electron chi connectivity index (χ1n) is 7.48. The quantitative estimate of drug-likeness (QED) is 0.729. The monoisotopic (exact) mass is 321 g/mol. The molecule has 4 rings (SSSR count). The maximum absolute atomic E-state index is 12.7. The zero-order valence-corrected chi connectivity index (χ0v) is 13.1. The topological polar surface area (TPSA) is 48.1 Å². The van der Waals surface area contributed by atoms with Gasteiger partial charge in [0.05, 0.1) is 5.69 Å². The minimum atomic E-state index is -0.337. The normalized spacial score (nSPS) is 17.7. The van der Waals surface area contributed by atoms with Gasteiger partial charge in [-0.05, 0) is 41.9 Å². The number of benzene rings is 2. The maximum Gasteiger partial charge on any atom is 0.256 e. The van der Waals surface area contributed by atoms with E-state index in [9.17, 15) is 4.79 Å². The smallest absolute Gasteiger partial charge is 0.256 e. The van der Waals surface area contributed by atoms with Gasteiger partial charge in [-0.2, -0.15) is 0 Å². The van der Waals surface area contributed by atoms with Crippen LogP contribution >= 0.6 is 12.2 Å². The number of aromatic nitrogens is 1. The van der Waals surface area contributed by atoms with Crippen LogP contribution in [0.4, 0.5) is 5.69 Å². The number of H-pyrrole nitrogens is 1. The summed E-state index contributed by atoms with van der Waals surface area (Å²) in [6.07, 6.45) is 0.580. The molecule has 1 aromatic heterocycles. The van der Waals surface area contributed by atoms with Crippen LogP contribution in [-0.4, -0.2) is 22.0 Å². The Morgan fingerprint density at radius 2 is 1.78 bits per heavy atom. The molecule has 3 aromatic rings. The molecule has 5 heteroatoms. The highest BCUT2D eigenvalue weighted by Gasteiger charge is 2.36. The van der Waals surface area contributed by atoms with Gasteiger partial charge in [-0.25, -0.2) is 0 Å². The molecule has 2 heterocycles. The molecule has 0 bridgehead atoms. The van der Waals surface area contributed by atoms with Crippen LogP contribution in [0.2, 0.25) is 0 Å². The molecule has 0 aliphatic carbocycles. The summed E-state index contributed by atoms with van der Waals surface area (Å²) in [7, 11) is 0. The Bertz CT molecular complexity index is 854. The van der Waals surface area contributed by atoms with Gasteiger partial charge in [-0.1, -0.05) is 36.4 Å². The third-order valence-corrected chi connectivity index (χ3v) is 4.34. The number of para-hydroxylation sites is 2. The predicted molar refractivity (Wildman–Crippen MR) is 95.5 cm³/mol. The summed E-state index contributed by atoms with van der Waals surface area (Å²) in [6.45, 7) is 0. The first-order valence-corrected chi connectivity index (χ1v) is 7.89. The van der Waals surface area contributed by atoms with Crippen molar-refractivity contribution in [3.05, 3.63) is 66.4 Å². The van der Waals surface area contributed by atoms with Crippen molar-refractivity contribution in [3.8, 4) is 0 Å². The number of thiocarbonyl (C=S) groups is 1. The standard InChI is InChI=1S/C18H15N3OS/c22-17-16(11-13-10-12-6-4-5-9-15(12)19-13)20-18(23)21(17)14-7-2-1-3-8-14/h1-10,16,19H,11H2,(H,20,23)/t16-/m0/s1. The summed E-state index contributed by atoms with van der Waals surface area (Å²) in [5.41, 5.74) is 2.90. The van der Waals surface area contributed by atoms with Crippen LogP contribution in [0.15, 0.2) is 60.7 Å². The number of carbonyl (C=O) groups excluding carboxylic acids is 1. The van der Waals surface area contributed by atoms with E-state index in [2.05, 4.69) is 22.4 Å². The fourth-order valence-electron chi connectivity index (χ4n) is 2.95. The third-order valence-electron chi connectivity index (χ3n) is 4.04. The molecule has 0 radical (unpaired) electrons. The number of nitrogens with zero attached hydrogens (tertiary/aromatic N) is 1. The molecule has 1 fully saturated rings. The lowest BCUT2D eigenvalue weighted by atomic mass is 10.1. The lowest BCUT2D eigenvalue weighted by Crippen LogP contribution is -2.32. The molecule has 114 valence electrons. The molecular weight excluding hydrogens is 306 g/mol. The fourth-order valence-corrected chi connectivity index (χ4v) is 3.29. The average molecular weight is 321 g/mol. The van der Waals surface area contributed by atoms with E-state index >= 15 is 0 Å². The van der Waals surface area contributed by atoms with E-state index in [4.69, 9.17) is 12.2 Å². The summed E-state index contributed by atoms with van der Waals surface area (Å²) in [5, 5.41) is 4.74. The van der Waals surface area contributed by atoms with Crippen molar-refractivity contribution in [1.29, 1.82) is 0 Å². The molecule has 1 aliphatic heterocycles. The van der Waals surface area contributed by atoms with Crippen molar-refractivity contribution >= 4 is 39.8 Å². The minimum Gasteiger partial charge on any atom is -0.358 e. The molecule has 0 saturated carbocycles. The highest BCUT2D eigenvalue weighted by atomic mass is 32.1. The molecule has 1 atom stereocenters. The van der Waals surface area contributed by atoms with Crippen LogP contribution in [0, 0.1) is 0 Å². The van der Waals surface area contributed by atoms with E-state index in [-0.39, 0.29) is 11.9 Å². The minimum absolute atomic E-state index is 0.0140. The Kier molecular flexibility index (Phi) is 3.35. The van der Waals surface area contributed by atoms with Crippen molar-refractivity contribution in [2.75, 3.05) is 4.90 Å². The second-order valence-electron chi connectivity index (χ2n) is 5.60. The SMILES string of the molecule is O=C1[C@H](Cc2cc3ccccc3[nH]2)NC(=S)N1c1ccccc1. The van der Waals surface area contributed by atoms with Gasteiger partial charge in [0, 0.05) is 17.6 Å². The first-order chi connectivity index (χ1) is 11.2. The summed E-state index contributed by atoms with van der Waals surface area (Å²) < 4.78 is 0. The zero-order valence-electron chi connectivity index (χ0n) is 12.3. The van der Waals surface area contributed by atoms with Crippen LogP contribution < -0.4 is 10.2 Å². The maximum atomic E-state index is 12.7. The van der Waals surface area contributed by atoms with Gasteiger partial charge < -0.3 is 10.3 Å². The van der Waals surface area contributed by atoms with Gasteiger partial charge in [-0.15, -0.1) is 0 Å². The Morgan fingerprint density at radius 3 is 2.57 bits per heavy atom. The largest absolute Gasteiger partial charge is 0.358 e. The van der Waals surface area contributed by atoms with E-state index in [0.717, 1.165) is 22.3 Å². The Labute approximate surface area is 139 Å². The van der Waals surface area contributed by atoms with Crippen molar-refractivity contribution in [2.24, 2.45) is 0 Å². The number of fused-ring (bicyclic) bond motifs is 1. The molecular formula is C18H15N3OS. The number of amides is 1. The molecule has 1 amide bonds. The number of carbonyl (C=O) groups is 1. The Morgan fingerprint density at radius 1 is 1.04 bits per heavy atom. The summed E-state index contributed by atoms with van der Waals surface area (Å²) in [4.78, 5) is 17.6. The lowest BCUT2D eigenvalue weighted by Gasteiger charge is -2.14. The van der Waals surface area contributed by atoms with E-state index in [1.165, 1.54) is 0 Å². The van der Waals surface area contributed by atoms with Crippen LogP contribution in [0.3, 0.4) is 0 Å². The zero-order chi connectivity index (χ0) is 15.8. The van der Waals surface area contributed by atoms with Crippen LogP contribution in [-0.2, 0) is 11.2 Å². The molecule has 1 aliphatic rings. The van der Waals surface area contributed by atoms with E-state index < -0.39 is 0 Å². The van der Waals surface area contributed by atoms with E-state index in [0.29, 0.717) is 11.5 Å². The van der Waals surface area contributed by atoms with Crippen molar-refractivity contribution < 1.29 is 4.79 Å². The summed E-state index contributed by atoms with van der Waals surface area (Å²) >= 11 is 5.34. The molecule has 0 unspecified atom stereocenters.